The summed E-state index contributed by atoms with van der Waals surface area (Å²) >= 11 is 0. The summed E-state index contributed by atoms with van der Waals surface area (Å²) < 4.78 is 14.9. The molecule has 1 saturated carbocycles. The number of carbonyl (C=O) groups excluding carboxylic acids is 4. The Kier molecular flexibility index (Phi) is 5.92. The second-order valence-corrected chi connectivity index (χ2v) is 8.95. The first-order valence-electron chi connectivity index (χ1n) is 10.0. The Morgan fingerprint density at radius 3 is 2.53 bits per heavy atom. The van der Waals surface area contributed by atoms with E-state index in [0.29, 0.717) is 18.8 Å². The first-order valence-corrected chi connectivity index (χ1v) is 10.0. The monoisotopic (exact) mass is 420 g/mol. The molecule has 1 saturated heterocycles. The zero-order valence-corrected chi connectivity index (χ0v) is 17.8. The number of rotatable bonds is 5. The number of nitrogens with one attached hydrogen (secondary N) is 1. The van der Waals surface area contributed by atoms with E-state index in [2.05, 4.69) is 30.8 Å². The van der Waals surface area contributed by atoms with Gasteiger partial charge in [0.25, 0.3) is 5.91 Å². The summed E-state index contributed by atoms with van der Waals surface area (Å²) in [5.74, 6) is -1.17. The maximum Gasteiger partial charge on any atom is 0.341 e. The van der Waals surface area contributed by atoms with Gasteiger partial charge in [-0.05, 0) is 43.1 Å². The molecule has 1 N–H and O–H groups in total. The second kappa shape index (κ2) is 8.12. The number of furan rings is 1. The molecule has 3 rings (SSSR count). The summed E-state index contributed by atoms with van der Waals surface area (Å²) in [7, 11) is 1.23. The van der Waals surface area contributed by atoms with Gasteiger partial charge in [0.15, 0.2) is 5.76 Å². The van der Waals surface area contributed by atoms with Crippen molar-refractivity contribution in [2.24, 2.45) is 11.3 Å². The number of methoxy groups -OCH3 is 1. The summed E-state index contributed by atoms with van der Waals surface area (Å²) in [5, 5.41) is 2.80. The molecule has 1 aromatic rings. The van der Waals surface area contributed by atoms with Crippen molar-refractivity contribution in [3.05, 3.63) is 23.7 Å². The SMILES string of the molecule is COC(=O)c1ccoc1COC(=O)CN1C(=O)NC2(CCC(C(C)(C)C)CC2)C1=O. The smallest absolute Gasteiger partial charge is 0.341 e. The molecule has 0 aromatic carbocycles. The topological polar surface area (TPSA) is 115 Å². The predicted octanol–water partition coefficient (Wildman–Crippen LogP) is 2.64. The molecule has 1 aromatic heterocycles. The number of ether oxygens (including phenoxy) is 2. The first-order chi connectivity index (χ1) is 14.1. The minimum atomic E-state index is -0.932. The van der Waals surface area contributed by atoms with Gasteiger partial charge < -0.3 is 19.2 Å². The van der Waals surface area contributed by atoms with Gasteiger partial charge in [0, 0.05) is 0 Å². The predicted molar refractivity (Wildman–Crippen MR) is 104 cm³/mol. The minimum absolute atomic E-state index is 0.129. The van der Waals surface area contributed by atoms with Gasteiger partial charge in [0.1, 0.15) is 24.3 Å². The van der Waals surface area contributed by atoms with E-state index in [1.807, 2.05) is 0 Å². The highest BCUT2D eigenvalue weighted by molar-refractivity contribution is 6.08. The van der Waals surface area contributed by atoms with Crippen LogP contribution in [0.15, 0.2) is 16.7 Å². The van der Waals surface area contributed by atoms with Crippen LogP contribution in [0.3, 0.4) is 0 Å². The molecule has 9 heteroatoms. The highest BCUT2D eigenvalue weighted by atomic mass is 16.5. The van der Waals surface area contributed by atoms with Gasteiger partial charge in [-0.1, -0.05) is 20.8 Å². The Balaban J connectivity index is 1.58. The van der Waals surface area contributed by atoms with E-state index in [1.165, 1.54) is 19.4 Å². The van der Waals surface area contributed by atoms with Crippen LogP contribution in [0, 0.1) is 11.3 Å². The average Bonchev–Trinajstić information content (AvgIpc) is 3.24. The lowest BCUT2D eigenvalue weighted by atomic mass is 9.67. The zero-order valence-electron chi connectivity index (χ0n) is 17.8. The maximum absolute atomic E-state index is 13.0. The molecule has 164 valence electrons. The van der Waals surface area contributed by atoms with E-state index in [-0.39, 0.29) is 29.3 Å². The number of amides is 3. The molecule has 0 radical (unpaired) electrons. The van der Waals surface area contributed by atoms with Gasteiger partial charge >= 0.3 is 18.0 Å². The summed E-state index contributed by atoms with van der Waals surface area (Å²) in [6.45, 7) is 5.73. The Morgan fingerprint density at radius 2 is 1.93 bits per heavy atom. The molecule has 2 heterocycles. The third-order valence-corrected chi connectivity index (χ3v) is 6.11. The van der Waals surface area contributed by atoms with Crippen molar-refractivity contribution in [2.75, 3.05) is 13.7 Å². The highest BCUT2D eigenvalue weighted by Gasteiger charge is 2.53. The van der Waals surface area contributed by atoms with Crippen LogP contribution in [0.4, 0.5) is 4.79 Å². The largest absolute Gasteiger partial charge is 0.465 e. The number of esters is 2. The standard InChI is InChI=1S/C21H28N2O7/c1-20(2,3)13-5-8-21(9-6-13)18(26)23(19(27)22-21)11-16(24)30-12-15-14(7-10-29-15)17(25)28-4/h7,10,13H,5-6,8-9,11-12H2,1-4H3,(H,22,27). The summed E-state index contributed by atoms with van der Waals surface area (Å²) in [6.07, 6.45) is 4.07. The third-order valence-electron chi connectivity index (χ3n) is 6.11. The minimum Gasteiger partial charge on any atom is -0.465 e. The fourth-order valence-electron chi connectivity index (χ4n) is 4.20. The van der Waals surface area contributed by atoms with Gasteiger partial charge in [-0.25, -0.2) is 9.59 Å². The van der Waals surface area contributed by atoms with Crippen LogP contribution in [0.25, 0.3) is 0 Å². The van der Waals surface area contributed by atoms with Crippen molar-refractivity contribution in [1.82, 2.24) is 10.2 Å². The van der Waals surface area contributed by atoms with E-state index in [9.17, 15) is 19.2 Å². The van der Waals surface area contributed by atoms with Crippen LogP contribution in [0.5, 0.6) is 0 Å². The van der Waals surface area contributed by atoms with E-state index < -0.39 is 30.1 Å². The fraction of sp³-hybridized carbons (Fsp3) is 0.619. The molecule has 0 unspecified atom stereocenters. The fourth-order valence-corrected chi connectivity index (χ4v) is 4.20. The maximum atomic E-state index is 13.0. The summed E-state index contributed by atoms with van der Waals surface area (Å²) in [6, 6.07) is 0.823. The molecule has 1 spiro atoms. The Bertz CT molecular complexity index is 844. The number of carbonyl (C=O) groups is 4. The van der Waals surface area contributed by atoms with E-state index in [0.717, 1.165) is 17.7 Å². The van der Waals surface area contributed by atoms with Crippen molar-refractivity contribution in [3.8, 4) is 0 Å². The molecule has 0 atom stereocenters. The molecule has 3 amide bonds. The van der Waals surface area contributed by atoms with Crippen molar-refractivity contribution >= 4 is 23.9 Å². The molecular weight excluding hydrogens is 392 g/mol. The van der Waals surface area contributed by atoms with Crippen LogP contribution in [-0.4, -0.2) is 48.0 Å². The van der Waals surface area contributed by atoms with E-state index in [1.54, 1.807) is 0 Å². The Morgan fingerprint density at radius 1 is 1.27 bits per heavy atom. The summed E-state index contributed by atoms with van der Waals surface area (Å²) in [5.41, 5.74) is -0.640. The molecule has 2 fully saturated rings. The van der Waals surface area contributed by atoms with Crippen LogP contribution in [-0.2, 0) is 25.7 Å². The van der Waals surface area contributed by atoms with Crippen LogP contribution in [0.1, 0.15) is 62.6 Å². The molecule has 1 aliphatic heterocycles. The number of nitrogens with zero attached hydrogens (tertiary/aromatic N) is 1. The van der Waals surface area contributed by atoms with Crippen LogP contribution in [0.2, 0.25) is 0 Å². The molecule has 30 heavy (non-hydrogen) atoms. The quantitative estimate of drug-likeness (QED) is 0.575. The third kappa shape index (κ3) is 4.20. The number of hydrogen-bond acceptors (Lipinski definition) is 7. The van der Waals surface area contributed by atoms with Crippen LogP contribution < -0.4 is 5.32 Å². The number of hydrogen-bond donors (Lipinski definition) is 1. The van der Waals surface area contributed by atoms with E-state index in [4.69, 9.17) is 9.15 Å². The van der Waals surface area contributed by atoms with Gasteiger partial charge in [-0.15, -0.1) is 0 Å². The lowest BCUT2D eigenvalue weighted by Gasteiger charge is -2.40. The van der Waals surface area contributed by atoms with Crippen LogP contribution >= 0.6 is 0 Å². The molecule has 9 nitrogen and oxygen atoms in total. The average molecular weight is 420 g/mol. The second-order valence-electron chi connectivity index (χ2n) is 8.95. The molecule has 2 aliphatic rings. The molecule has 0 bridgehead atoms. The molecular formula is C21H28N2O7. The first kappa shape index (κ1) is 21.9. The van der Waals surface area contributed by atoms with Crippen molar-refractivity contribution < 1.29 is 33.1 Å². The van der Waals surface area contributed by atoms with Gasteiger partial charge in [-0.3, -0.25) is 14.5 Å². The lowest BCUT2D eigenvalue weighted by molar-refractivity contribution is -0.149. The Hall–Kier alpha value is -2.84. The number of urea groups is 1. The normalized spacial score (nSPS) is 24.1. The van der Waals surface area contributed by atoms with Crippen molar-refractivity contribution in [2.45, 2.75) is 58.6 Å². The zero-order chi connectivity index (χ0) is 22.1. The molecule has 1 aliphatic carbocycles. The summed E-state index contributed by atoms with van der Waals surface area (Å²) in [4.78, 5) is 50.1. The Labute approximate surface area is 175 Å². The van der Waals surface area contributed by atoms with Gasteiger partial charge in [0.2, 0.25) is 0 Å². The van der Waals surface area contributed by atoms with E-state index >= 15 is 0 Å². The number of imide groups is 1. The lowest BCUT2D eigenvalue weighted by Crippen LogP contribution is -2.50. The van der Waals surface area contributed by atoms with Gasteiger partial charge in [0.05, 0.1) is 13.4 Å². The highest BCUT2D eigenvalue weighted by Crippen LogP contribution is 2.43. The van der Waals surface area contributed by atoms with Gasteiger partial charge in [-0.2, -0.15) is 0 Å². The van der Waals surface area contributed by atoms with Crippen molar-refractivity contribution in [1.29, 1.82) is 0 Å². The van der Waals surface area contributed by atoms with Crippen molar-refractivity contribution in [3.63, 3.8) is 0 Å².